The Morgan fingerprint density at radius 3 is 2.71 bits per heavy atom. The summed E-state index contributed by atoms with van der Waals surface area (Å²) in [7, 11) is 0. The minimum Gasteiger partial charge on any atom is -0.464 e. The van der Waals surface area contributed by atoms with Crippen molar-refractivity contribution in [3.8, 4) is 0 Å². The molecule has 0 aromatic rings. The summed E-state index contributed by atoms with van der Waals surface area (Å²) >= 11 is 5.46. The zero-order valence-corrected chi connectivity index (χ0v) is 4.44. The summed E-state index contributed by atoms with van der Waals surface area (Å²) in [6.07, 6.45) is 0.377. The van der Waals surface area contributed by atoms with Gasteiger partial charge in [0.15, 0.2) is 0 Å². The predicted molar refractivity (Wildman–Crippen MR) is 25.2 cm³/mol. The maximum Gasteiger partial charge on any atom is 0.307 e. The standard InChI is InChI=1S/C4H5ClO2/c5-3-1-4(6)7-2-3/h3H,1-2H2. The van der Waals surface area contributed by atoms with Crippen LogP contribution in [0.1, 0.15) is 6.42 Å². The number of carbonyl (C=O) groups is 1. The van der Waals surface area contributed by atoms with Gasteiger partial charge >= 0.3 is 5.97 Å². The highest BCUT2D eigenvalue weighted by molar-refractivity contribution is 6.22. The molecule has 1 fully saturated rings. The molecule has 7 heavy (non-hydrogen) atoms. The Bertz CT molecular complexity index is 91.7. The second kappa shape index (κ2) is 1.70. The highest BCUT2D eigenvalue weighted by Crippen LogP contribution is 2.10. The van der Waals surface area contributed by atoms with Crippen molar-refractivity contribution in [3.05, 3.63) is 0 Å². The van der Waals surface area contributed by atoms with E-state index in [1.54, 1.807) is 0 Å². The molecule has 0 aromatic heterocycles. The molecule has 0 saturated carbocycles. The van der Waals surface area contributed by atoms with Crippen LogP contribution in [0, 0.1) is 0 Å². The molecule has 2 nitrogen and oxygen atoms in total. The largest absolute Gasteiger partial charge is 0.464 e. The molecule has 1 heterocycles. The Labute approximate surface area is 46.4 Å². The van der Waals surface area contributed by atoms with Gasteiger partial charge in [-0.3, -0.25) is 4.79 Å². The van der Waals surface area contributed by atoms with Gasteiger partial charge in [0.1, 0.15) is 6.61 Å². The second-order valence-corrected chi connectivity index (χ2v) is 2.10. The SMILES string of the molecule is O=C1CC(Cl)CO1. The average molecular weight is 121 g/mol. The van der Waals surface area contributed by atoms with Gasteiger partial charge in [-0.1, -0.05) is 0 Å². The minimum atomic E-state index is -0.181. The number of esters is 1. The number of hydrogen-bond acceptors (Lipinski definition) is 2. The monoisotopic (exact) mass is 120 g/mol. The van der Waals surface area contributed by atoms with E-state index < -0.39 is 0 Å². The molecule has 1 aliphatic rings. The van der Waals surface area contributed by atoms with Gasteiger partial charge in [-0.05, 0) is 0 Å². The third-order valence-corrected chi connectivity index (χ3v) is 1.09. The van der Waals surface area contributed by atoms with Gasteiger partial charge in [0, 0.05) is 0 Å². The van der Waals surface area contributed by atoms with Gasteiger partial charge in [0.05, 0.1) is 11.8 Å². The van der Waals surface area contributed by atoms with E-state index in [0.29, 0.717) is 13.0 Å². The Morgan fingerprint density at radius 1 is 1.86 bits per heavy atom. The van der Waals surface area contributed by atoms with Crippen LogP contribution in [0.2, 0.25) is 0 Å². The fourth-order valence-corrected chi connectivity index (χ4v) is 0.671. The van der Waals surface area contributed by atoms with E-state index in [1.165, 1.54) is 0 Å². The van der Waals surface area contributed by atoms with Crippen LogP contribution in [0.5, 0.6) is 0 Å². The summed E-state index contributed by atoms with van der Waals surface area (Å²) in [6.45, 7) is 0.389. The maximum atomic E-state index is 10.1. The van der Waals surface area contributed by atoms with Crippen molar-refractivity contribution < 1.29 is 9.53 Å². The van der Waals surface area contributed by atoms with Crippen molar-refractivity contribution >= 4 is 17.6 Å². The Morgan fingerprint density at radius 2 is 2.57 bits per heavy atom. The van der Waals surface area contributed by atoms with E-state index in [0.717, 1.165) is 0 Å². The van der Waals surface area contributed by atoms with Gasteiger partial charge in [-0.15, -0.1) is 11.6 Å². The molecule has 0 bridgehead atoms. The summed E-state index contributed by atoms with van der Waals surface area (Å²) < 4.78 is 4.49. The van der Waals surface area contributed by atoms with E-state index in [-0.39, 0.29) is 11.3 Å². The predicted octanol–water partition coefficient (Wildman–Crippen LogP) is 0.541. The molecule has 0 radical (unpaired) electrons. The molecule has 3 heteroatoms. The van der Waals surface area contributed by atoms with Crippen LogP contribution in [-0.2, 0) is 9.53 Å². The van der Waals surface area contributed by atoms with Crippen LogP contribution in [0.4, 0.5) is 0 Å². The number of halogens is 1. The molecule has 0 N–H and O–H groups in total. The molecule has 1 unspecified atom stereocenters. The lowest BCUT2D eigenvalue weighted by atomic mass is 10.4. The van der Waals surface area contributed by atoms with Gasteiger partial charge < -0.3 is 4.74 Å². The number of cyclic esters (lactones) is 1. The fraction of sp³-hybridized carbons (Fsp3) is 0.750. The quantitative estimate of drug-likeness (QED) is 0.345. The smallest absolute Gasteiger partial charge is 0.307 e. The first-order chi connectivity index (χ1) is 3.29. The molecule has 0 amide bonds. The molecular weight excluding hydrogens is 115 g/mol. The number of ether oxygens (including phenoxy) is 1. The summed E-state index contributed by atoms with van der Waals surface area (Å²) in [5.41, 5.74) is 0. The topological polar surface area (TPSA) is 26.3 Å². The molecule has 1 aliphatic heterocycles. The van der Waals surface area contributed by atoms with Crippen LogP contribution in [-0.4, -0.2) is 18.0 Å². The normalized spacial score (nSPS) is 30.4. The van der Waals surface area contributed by atoms with Crippen LogP contribution >= 0.6 is 11.6 Å². The number of hydrogen-bond donors (Lipinski definition) is 0. The van der Waals surface area contributed by atoms with E-state index in [1.807, 2.05) is 0 Å². The van der Waals surface area contributed by atoms with Crippen molar-refractivity contribution in [3.63, 3.8) is 0 Å². The third-order valence-electron chi connectivity index (χ3n) is 0.813. The minimum absolute atomic E-state index is 0.0764. The molecule has 0 spiro atoms. The fourth-order valence-electron chi connectivity index (χ4n) is 0.482. The van der Waals surface area contributed by atoms with Gasteiger partial charge in [0.2, 0.25) is 0 Å². The lowest BCUT2D eigenvalue weighted by Gasteiger charge is -1.85. The molecule has 1 atom stereocenters. The summed E-state index contributed by atoms with van der Waals surface area (Å²) in [6, 6.07) is 0. The highest BCUT2D eigenvalue weighted by atomic mass is 35.5. The second-order valence-electron chi connectivity index (χ2n) is 1.48. The van der Waals surface area contributed by atoms with Gasteiger partial charge in [0.25, 0.3) is 0 Å². The van der Waals surface area contributed by atoms with Gasteiger partial charge in [-0.2, -0.15) is 0 Å². The van der Waals surface area contributed by atoms with Crippen LogP contribution < -0.4 is 0 Å². The van der Waals surface area contributed by atoms with E-state index in [9.17, 15) is 4.79 Å². The average Bonchev–Trinajstić information content (AvgIpc) is 1.87. The lowest BCUT2D eigenvalue weighted by Crippen LogP contribution is -1.92. The first kappa shape index (κ1) is 4.91. The number of carbonyl (C=O) groups excluding carboxylic acids is 1. The first-order valence-corrected chi connectivity index (χ1v) is 2.52. The van der Waals surface area contributed by atoms with Crippen molar-refractivity contribution in [2.45, 2.75) is 11.8 Å². The number of alkyl halides is 1. The Kier molecular flexibility index (Phi) is 1.19. The molecular formula is C4H5ClO2. The highest BCUT2D eigenvalue weighted by Gasteiger charge is 2.20. The summed E-state index contributed by atoms with van der Waals surface area (Å²) in [5.74, 6) is -0.181. The zero-order valence-electron chi connectivity index (χ0n) is 3.69. The zero-order chi connectivity index (χ0) is 5.28. The number of rotatable bonds is 0. The Hall–Kier alpha value is -0.240. The van der Waals surface area contributed by atoms with Crippen LogP contribution in [0.3, 0.4) is 0 Å². The van der Waals surface area contributed by atoms with Gasteiger partial charge in [-0.25, -0.2) is 0 Å². The first-order valence-electron chi connectivity index (χ1n) is 2.09. The third kappa shape index (κ3) is 1.06. The van der Waals surface area contributed by atoms with E-state index in [2.05, 4.69) is 4.74 Å². The van der Waals surface area contributed by atoms with E-state index >= 15 is 0 Å². The summed E-state index contributed by atoms with van der Waals surface area (Å²) in [5, 5.41) is -0.0764. The molecule has 1 saturated heterocycles. The van der Waals surface area contributed by atoms with E-state index in [4.69, 9.17) is 11.6 Å². The van der Waals surface area contributed by atoms with Crippen LogP contribution in [0.15, 0.2) is 0 Å². The maximum absolute atomic E-state index is 10.1. The molecule has 1 rings (SSSR count). The summed E-state index contributed by atoms with van der Waals surface area (Å²) in [4.78, 5) is 10.1. The van der Waals surface area contributed by atoms with Crippen molar-refractivity contribution in [2.24, 2.45) is 0 Å². The van der Waals surface area contributed by atoms with Crippen molar-refractivity contribution in [1.82, 2.24) is 0 Å². The molecule has 0 aromatic carbocycles. The lowest BCUT2D eigenvalue weighted by molar-refractivity contribution is -0.137. The molecule has 40 valence electrons. The van der Waals surface area contributed by atoms with Crippen LogP contribution in [0.25, 0.3) is 0 Å². The Balaban J connectivity index is 2.40. The molecule has 0 aliphatic carbocycles. The van der Waals surface area contributed by atoms with Crippen molar-refractivity contribution in [2.75, 3.05) is 6.61 Å². The van der Waals surface area contributed by atoms with Crippen molar-refractivity contribution in [1.29, 1.82) is 0 Å².